The normalized spacial score (nSPS) is 21.3. The first-order valence-electron chi connectivity index (χ1n) is 8.88. The largest absolute Gasteiger partial charge is 0.381 e. The lowest BCUT2D eigenvalue weighted by molar-refractivity contribution is 0.00205. The number of hydrogen-bond donors (Lipinski definition) is 0. The highest BCUT2D eigenvalue weighted by Gasteiger charge is 2.36. The zero-order valence-electron chi connectivity index (χ0n) is 14.1. The molecule has 2 fully saturated rings. The number of hydrogen-bond acceptors (Lipinski definition) is 4. The molecule has 0 amide bonds. The van der Waals surface area contributed by atoms with Crippen LogP contribution in [0.5, 0.6) is 0 Å². The van der Waals surface area contributed by atoms with Gasteiger partial charge in [-0.25, -0.2) is 9.97 Å². The predicted molar refractivity (Wildman–Crippen MR) is 89.3 cm³/mol. The van der Waals surface area contributed by atoms with Gasteiger partial charge in [-0.2, -0.15) is 0 Å². The molecule has 1 aromatic heterocycles. The van der Waals surface area contributed by atoms with Gasteiger partial charge in [0.1, 0.15) is 11.6 Å². The summed E-state index contributed by atoms with van der Waals surface area (Å²) in [5.41, 5.74) is 1.64. The number of rotatable bonds is 4. The maximum atomic E-state index is 5.54. The van der Waals surface area contributed by atoms with E-state index in [0.717, 1.165) is 50.1 Å². The first-order valence-corrected chi connectivity index (χ1v) is 8.88. The summed E-state index contributed by atoms with van der Waals surface area (Å²) in [6.07, 6.45) is 8.41. The molecule has 22 heavy (non-hydrogen) atoms. The van der Waals surface area contributed by atoms with Crippen LogP contribution in [-0.4, -0.2) is 36.3 Å². The van der Waals surface area contributed by atoms with Crippen molar-refractivity contribution in [2.75, 3.05) is 31.2 Å². The smallest absolute Gasteiger partial charge is 0.132 e. The highest BCUT2D eigenvalue weighted by atomic mass is 16.5. The lowest BCUT2D eigenvalue weighted by Gasteiger charge is -2.44. The number of piperidine rings is 1. The molecule has 3 heterocycles. The zero-order valence-corrected chi connectivity index (χ0v) is 14.1. The lowest BCUT2D eigenvalue weighted by atomic mass is 9.72. The number of aromatic nitrogens is 2. The second-order valence-corrected chi connectivity index (χ2v) is 6.99. The summed E-state index contributed by atoms with van der Waals surface area (Å²) in [6.45, 7) is 8.47. The Labute approximate surface area is 134 Å². The molecule has 1 spiro atoms. The molecular weight excluding hydrogens is 274 g/mol. The van der Waals surface area contributed by atoms with E-state index in [-0.39, 0.29) is 0 Å². The van der Waals surface area contributed by atoms with Gasteiger partial charge < -0.3 is 9.64 Å². The van der Waals surface area contributed by atoms with E-state index >= 15 is 0 Å². The van der Waals surface area contributed by atoms with Crippen LogP contribution in [-0.2, 0) is 11.2 Å². The SMILES string of the molecule is CCCCc1nc(C)cc(N2CCC3(CCOCC3)CC2)n1. The van der Waals surface area contributed by atoms with Gasteiger partial charge in [-0.15, -0.1) is 0 Å². The fourth-order valence-electron chi connectivity index (χ4n) is 3.74. The molecule has 122 valence electrons. The molecule has 4 nitrogen and oxygen atoms in total. The molecule has 0 atom stereocenters. The standard InChI is InChI=1S/C18H29N3O/c1-3-4-5-16-19-15(2)14-17(20-16)21-10-6-18(7-11-21)8-12-22-13-9-18/h14H,3-13H2,1-2H3. The molecule has 2 aliphatic heterocycles. The third-order valence-electron chi connectivity index (χ3n) is 5.34. The van der Waals surface area contributed by atoms with Crippen LogP contribution in [0.4, 0.5) is 5.82 Å². The highest BCUT2D eigenvalue weighted by Crippen LogP contribution is 2.41. The first kappa shape index (κ1) is 15.7. The molecule has 0 saturated carbocycles. The minimum Gasteiger partial charge on any atom is -0.381 e. The van der Waals surface area contributed by atoms with Crippen LogP contribution < -0.4 is 4.90 Å². The van der Waals surface area contributed by atoms with Gasteiger partial charge in [0, 0.05) is 44.5 Å². The van der Waals surface area contributed by atoms with Crippen LogP contribution in [0.15, 0.2) is 6.07 Å². The average molecular weight is 303 g/mol. The van der Waals surface area contributed by atoms with E-state index < -0.39 is 0 Å². The number of aryl methyl sites for hydroxylation is 2. The van der Waals surface area contributed by atoms with Crippen LogP contribution in [0.25, 0.3) is 0 Å². The van der Waals surface area contributed by atoms with Gasteiger partial charge in [0.2, 0.25) is 0 Å². The fraction of sp³-hybridized carbons (Fsp3) is 0.778. The van der Waals surface area contributed by atoms with Crippen LogP contribution in [0.3, 0.4) is 0 Å². The number of unbranched alkanes of at least 4 members (excludes halogenated alkanes) is 1. The van der Waals surface area contributed by atoms with E-state index in [9.17, 15) is 0 Å². The summed E-state index contributed by atoms with van der Waals surface area (Å²) >= 11 is 0. The summed E-state index contributed by atoms with van der Waals surface area (Å²) in [7, 11) is 0. The van der Waals surface area contributed by atoms with Gasteiger partial charge >= 0.3 is 0 Å². The van der Waals surface area contributed by atoms with E-state index in [1.54, 1.807) is 0 Å². The molecule has 0 N–H and O–H groups in total. The molecule has 0 aromatic carbocycles. The van der Waals surface area contributed by atoms with Crippen molar-refractivity contribution < 1.29 is 4.74 Å². The molecule has 3 rings (SSSR count). The van der Waals surface area contributed by atoms with Crippen molar-refractivity contribution in [3.8, 4) is 0 Å². The summed E-state index contributed by atoms with van der Waals surface area (Å²) < 4.78 is 5.54. The summed E-state index contributed by atoms with van der Waals surface area (Å²) in [6, 6.07) is 2.15. The second kappa shape index (κ2) is 6.95. The van der Waals surface area contributed by atoms with E-state index in [4.69, 9.17) is 9.72 Å². The van der Waals surface area contributed by atoms with Crippen LogP contribution >= 0.6 is 0 Å². The predicted octanol–water partition coefficient (Wildman–Crippen LogP) is 3.52. The molecule has 0 radical (unpaired) electrons. The molecule has 0 unspecified atom stereocenters. The van der Waals surface area contributed by atoms with E-state index in [1.807, 2.05) is 0 Å². The maximum Gasteiger partial charge on any atom is 0.132 e. The lowest BCUT2D eigenvalue weighted by Crippen LogP contribution is -2.43. The van der Waals surface area contributed by atoms with Gasteiger partial charge in [-0.05, 0) is 44.4 Å². The van der Waals surface area contributed by atoms with Gasteiger partial charge in [0.15, 0.2) is 0 Å². The van der Waals surface area contributed by atoms with Crippen molar-refractivity contribution in [2.24, 2.45) is 5.41 Å². The monoisotopic (exact) mass is 303 g/mol. The summed E-state index contributed by atoms with van der Waals surface area (Å²) in [5, 5.41) is 0. The van der Waals surface area contributed by atoms with Gasteiger partial charge in [-0.3, -0.25) is 0 Å². The molecule has 4 heteroatoms. The van der Waals surface area contributed by atoms with Crippen molar-refractivity contribution in [1.29, 1.82) is 0 Å². The van der Waals surface area contributed by atoms with Crippen molar-refractivity contribution in [2.45, 2.75) is 58.8 Å². The van der Waals surface area contributed by atoms with Gasteiger partial charge in [-0.1, -0.05) is 13.3 Å². The Morgan fingerprint density at radius 3 is 2.55 bits per heavy atom. The van der Waals surface area contributed by atoms with Crippen LogP contribution in [0, 0.1) is 12.3 Å². The highest BCUT2D eigenvalue weighted by molar-refractivity contribution is 5.40. The Morgan fingerprint density at radius 1 is 1.14 bits per heavy atom. The quantitative estimate of drug-likeness (QED) is 0.853. The van der Waals surface area contributed by atoms with Crippen LogP contribution in [0.1, 0.15) is 57.0 Å². The average Bonchev–Trinajstić information content (AvgIpc) is 2.54. The number of ether oxygens (including phenoxy) is 1. The fourth-order valence-corrected chi connectivity index (χ4v) is 3.74. The van der Waals surface area contributed by atoms with Crippen molar-refractivity contribution >= 4 is 5.82 Å². The topological polar surface area (TPSA) is 38.2 Å². The van der Waals surface area contributed by atoms with E-state index in [0.29, 0.717) is 5.41 Å². The summed E-state index contributed by atoms with van der Waals surface area (Å²) in [4.78, 5) is 11.9. The molecule has 2 aliphatic rings. The van der Waals surface area contributed by atoms with Gasteiger partial charge in [0.05, 0.1) is 0 Å². The van der Waals surface area contributed by atoms with E-state index in [1.165, 1.54) is 38.5 Å². The molecular formula is C18H29N3O. The molecule has 1 aromatic rings. The third-order valence-corrected chi connectivity index (χ3v) is 5.34. The van der Waals surface area contributed by atoms with E-state index in [2.05, 4.69) is 29.8 Å². The first-order chi connectivity index (χ1) is 10.7. The Balaban J connectivity index is 1.66. The maximum absolute atomic E-state index is 5.54. The minimum atomic E-state index is 0.544. The summed E-state index contributed by atoms with van der Waals surface area (Å²) in [5.74, 6) is 2.16. The second-order valence-electron chi connectivity index (χ2n) is 6.99. The minimum absolute atomic E-state index is 0.544. The molecule has 0 aliphatic carbocycles. The van der Waals surface area contributed by atoms with Crippen LogP contribution in [0.2, 0.25) is 0 Å². The number of nitrogens with zero attached hydrogens (tertiary/aromatic N) is 3. The van der Waals surface area contributed by atoms with Gasteiger partial charge in [0.25, 0.3) is 0 Å². The van der Waals surface area contributed by atoms with Crippen molar-refractivity contribution in [3.05, 3.63) is 17.6 Å². The number of anilines is 1. The van der Waals surface area contributed by atoms with Crippen molar-refractivity contribution in [1.82, 2.24) is 9.97 Å². The zero-order chi connectivity index (χ0) is 15.4. The Hall–Kier alpha value is -1.16. The Morgan fingerprint density at radius 2 is 1.86 bits per heavy atom. The molecule has 0 bridgehead atoms. The Kier molecular flexibility index (Phi) is 4.97. The van der Waals surface area contributed by atoms with Crippen molar-refractivity contribution in [3.63, 3.8) is 0 Å². The molecule has 2 saturated heterocycles. The Bertz CT molecular complexity index is 487. The third kappa shape index (κ3) is 3.60.